The average Bonchev–Trinajstić information content (AvgIpc) is 2.95. The quantitative estimate of drug-likeness (QED) is 0.727. The van der Waals surface area contributed by atoms with Crippen molar-refractivity contribution < 1.29 is 23.4 Å². The van der Waals surface area contributed by atoms with E-state index in [1.54, 1.807) is 0 Å². The summed E-state index contributed by atoms with van der Waals surface area (Å²) < 4.78 is 26.8. The molecule has 19 heavy (non-hydrogen) atoms. The van der Waals surface area contributed by atoms with Crippen molar-refractivity contribution in [2.75, 3.05) is 13.1 Å². The van der Waals surface area contributed by atoms with Gasteiger partial charge in [0, 0.05) is 19.3 Å². The van der Waals surface area contributed by atoms with Crippen molar-refractivity contribution in [3.05, 3.63) is 12.4 Å². The number of aliphatic hydroxyl groups excluding tert-OH is 1. The summed E-state index contributed by atoms with van der Waals surface area (Å²) in [4.78, 5) is 10.4. The number of sulfonamides is 1. The minimum absolute atomic E-state index is 0.0204. The van der Waals surface area contributed by atoms with E-state index in [-0.39, 0.29) is 31.0 Å². The fraction of sp³-hybridized carbons (Fsp3) is 0.600. The predicted molar refractivity (Wildman–Crippen MR) is 63.9 cm³/mol. The van der Waals surface area contributed by atoms with Gasteiger partial charge < -0.3 is 10.2 Å². The summed E-state index contributed by atoms with van der Waals surface area (Å²) in [6, 6.07) is 0. The molecule has 0 amide bonds. The Morgan fingerprint density at radius 2 is 2.26 bits per heavy atom. The molecule has 1 aliphatic heterocycles. The lowest BCUT2D eigenvalue weighted by Crippen LogP contribution is -2.29. The summed E-state index contributed by atoms with van der Waals surface area (Å²) in [6.45, 7) is 0.486. The van der Waals surface area contributed by atoms with E-state index >= 15 is 0 Å². The summed E-state index contributed by atoms with van der Waals surface area (Å²) in [6.07, 6.45) is 2.18. The van der Waals surface area contributed by atoms with Crippen LogP contribution in [-0.4, -0.2) is 57.9 Å². The Hall–Kier alpha value is -1.45. The Morgan fingerprint density at radius 1 is 1.53 bits per heavy atom. The Balaban J connectivity index is 2.11. The highest BCUT2D eigenvalue weighted by Gasteiger charge is 2.32. The van der Waals surface area contributed by atoms with Crippen molar-refractivity contribution in [1.82, 2.24) is 14.1 Å². The normalized spacial score (nSPS) is 20.8. The summed E-state index contributed by atoms with van der Waals surface area (Å²) in [5, 5.41) is 21.7. The monoisotopic (exact) mass is 289 g/mol. The zero-order valence-corrected chi connectivity index (χ0v) is 11.0. The molecule has 0 radical (unpaired) electrons. The van der Waals surface area contributed by atoms with Gasteiger partial charge in [-0.15, -0.1) is 0 Å². The van der Waals surface area contributed by atoms with E-state index in [9.17, 15) is 18.3 Å². The topological polar surface area (TPSA) is 113 Å². The van der Waals surface area contributed by atoms with Crippen LogP contribution < -0.4 is 0 Å². The third-order valence-electron chi connectivity index (χ3n) is 2.93. The molecular weight excluding hydrogens is 274 g/mol. The van der Waals surface area contributed by atoms with E-state index in [1.807, 2.05) is 0 Å². The van der Waals surface area contributed by atoms with Crippen molar-refractivity contribution in [2.24, 2.45) is 0 Å². The molecule has 2 N–H and O–H groups in total. The third-order valence-corrected chi connectivity index (χ3v) is 4.75. The van der Waals surface area contributed by atoms with Crippen molar-refractivity contribution in [3.63, 3.8) is 0 Å². The lowest BCUT2D eigenvalue weighted by molar-refractivity contribution is -0.137. The second kappa shape index (κ2) is 5.27. The van der Waals surface area contributed by atoms with Gasteiger partial charge in [-0.3, -0.25) is 9.48 Å². The van der Waals surface area contributed by atoms with Gasteiger partial charge in [0.15, 0.2) is 0 Å². The zero-order valence-electron chi connectivity index (χ0n) is 10.1. The molecule has 1 fully saturated rings. The third kappa shape index (κ3) is 3.11. The second-order valence-electron chi connectivity index (χ2n) is 4.39. The van der Waals surface area contributed by atoms with Crippen LogP contribution in [0.25, 0.3) is 0 Å². The summed E-state index contributed by atoms with van der Waals surface area (Å²) in [7, 11) is -3.65. The lowest BCUT2D eigenvalue weighted by Gasteiger charge is -2.13. The first-order chi connectivity index (χ1) is 8.89. The first kappa shape index (κ1) is 14.0. The van der Waals surface area contributed by atoms with Crippen molar-refractivity contribution in [2.45, 2.75) is 30.4 Å². The van der Waals surface area contributed by atoms with E-state index in [1.165, 1.54) is 21.4 Å². The number of carboxylic acids is 1. The van der Waals surface area contributed by atoms with E-state index in [2.05, 4.69) is 5.10 Å². The fourth-order valence-electron chi connectivity index (χ4n) is 1.89. The van der Waals surface area contributed by atoms with Gasteiger partial charge in [0.2, 0.25) is 10.0 Å². The number of carbonyl (C=O) groups is 1. The molecule has 1 saturated heterocycles. The Kier molecular flexibility index (Phi) is 3.88. The maximum absolute atomic E-state index is 12.2. The SMILES string of the molecule is O=C(O)CCn1cc(S(=O)(=O)N2CCC(O)C2)cn1. The Bertz CT molecular complexity index is 567. The van der Waals surface area contributed by atoms with Crippen LogP contribution in [0.1, 0.15) is 12.8 Å². The molecule has 1 aliphatic rings. The molecule has 1 atom stereocenters. The zero-order chi connectivity index (χ0) is 14.0. The van der Waals surface area contributed by atoms with Gasteiger partial charge in [-0.2, -0.15) is 9.40 Å². The van der Waals surface area contributed by atoms with E-state index in [4.69, 9.17) is 5.11 Å². The molecule has 1 aromatic rings. The number of aliphatic hydroxyl groups is 1. The largest absolute Gasteiger partial charge is 0.481 e. The second-order valence-corrected chi connectivity index (χ2v) is 6.33. The van der Waals surface area contributed by atoms with Gasteiger partial charge in [0.05, 0.1) is 25.3 Å². The molecule has 0 saturated carbocycles. The summed E-state index contributed by atoms with van der Waals surface area (Å²) in [5.74, 6) is -0.970. The van der Waals surface area contributed by atoms with Crippen LogP contribution in [0.3, 0.4) is 0 Å². The van der Waals surface area contributed by atoms with Crippen LogP contribution >= 0.6 is 0 Å². The number of hydrogen-bond donors (Lipinski definition) is 2. The van der Waals surface area contributed by atoms with Gasteiger partial charge in [0.25, 0.3) is 0 Å². The number of nitrogens with zero attached hydrogens (tertiary/aromatic N) is 3. The van der Waals surface area contributed by atoms with Crippen molar-refractivity contribution in [3.8, 4) is 0 Å². The number of aryl methyl sites for hydroxylation is 1. The van der Waals surface area contributed by atoms with Gasteiger partial charge in [0.1, 0.15) is 4.90 Å². The molecule has 0 aliphatic carbocycles. The van der Waals surface area contributed by atoms with Gasteiger partial charge in [-0.25, -0.2) is 8.42 Å². The molecule has 8 nitrogen and oxygen atoms in total. The van der Waals surface area contributed by atoms with Crippen LogP contribution in [0.2, 0.25) is 0 Å². The molecular formula is C10H15N3O5S. The highest BCUT2D eigenvalue weighted by Crippen LogP contribution is 2.20. The predicted octanol–water partition coefficient (Wildman–Crippen LogP) is -0.887. The molecule has 1 unspecified atom stereocenters. The standard InChI is InChI=1S/C10H15N3O5S/c14-8-1-4-13(6-8)19(17,18)9-5-11-12(7-9)3-2-10(15)16/h5,7-8,14H,1-4,6H2,(H,15,16). The first-order valence-corrected chi connectivity index (χ1v) is 7.26. The fourth-order valence-corrected chi connectivity index (χ4v) is 3.34. The average molecular weight is 289 g/mol. The first-order valence-electron chi connectivity index (χ1n) is 5.82. The van der Waals surface area contributed by atoms with Gasteiger partial charge in [-0.05, 0) is 6.42 Å². The number of carboxylic acid groups (broad SMARTS) is 1. The Labute approximate surface area is 110 Å². The van der Waals surface area contributed by atoms with Crippen LogP contribution in [0, 0.1) is 0 Å². The molecule has 2 heterocycles. The van der Waals surface area contributed by atoms with Crippen LogP contribution in [0.15, 0.2) is 17.3 Å². The highest BCUT2D eigenvalue weighted by molar-refractivity contribution is 7.89. The van der Waals surface area contributed by atoms with Crippen molar-refractivity contribution >= 4 is 16.0 Å². The summed E-state index contributed by atoms with van der Waals surface area (Å²) in [5.41, 5.74) is 0. The molecule has 9 heteroatoms. The molecule has 0 bridgehead atoms. The number of aromatic nitrogens is 2. The highest BCUT2D eigenvalue weighted by atomic mass is 32.2. The number of rotatable bonds is 5. The number of aliphatic carboxylic acids is 1. The molecule has 0 spiro atoms. The minimum Gasteiger partial charge on any atom is -0.481 e. The molecule has 0 aromatic carbocycles. The molecule has 2 rings (SSSR count). The van der Waals surface area contributed by atoms with Gasteiger partial charge in [-0.1, -0.05) is 0 Å². The number of β-amino-alcohol motifs (C(OH)–C–C–N with tert-alkyl or cyclic N) is 1. The smallest absolute Gasteiger partial charge is 0.305 e. The maximum atomic E-state index is 12.2. The van der Waals surface area contributed by atoms with E-state index < -0.39 is 22.1 Å². The van der Waals surface area contributed by atoms with Crippen LogP contribution in [0.4, 0.5) is 0 Å². The van der Waals surface area contributed by atoms with E-state index in [0.717, 1.165) is 0 Å². The Morgan fingerprint density at radius 3 is 2.84 bits per heavy atom. The van der Waals surface area contributed by atoms with Gasteiger partial charge >= 0.3 is 5.97 Å². The number of hydrogen-bond acceptors (Lipinski definition) is 5. The molecule has 106 valence electrons. The van der Waals surface area contributed by atoms with Crippen LogP contribution in [-0.2, 0) is 21.4 Å². The maximum Gasteiger partial charge on any atom is 0.305 e. The summed E-state index contributed by atoms with van der Waals surface area (Å²) >= 11 is 0. The van der Waals surface area contributed by atoms with Crippen molar-refractivity contribution in [1.29, 1.82) is 0 Å². The molecule has 1 aromatic heterocycles. The lowest BCUT2D eigenvalue weighted by atomic mass is 10.3. The minimum atomic E-state index is -3.65. The van der Waals surface area contributed by atoms with Crippen LogP contribution in [0.5, 0.6) is 0 Å². The van der Waals surface area contributed by atoms with E-state index in [0.29, 0.717) is 6.42 Å².